The highest BCUT2D eigenvalue weighted by Crippen LogP contribution is 2.09. The Morgan fingerprint density at radius 2 is 1.19 bits per heavy atom. The normalized spacial score (nSPS) is 14.0. The molecule has 0 aliphatic rings. The van der Waals surface area contributed by atoms with Crippen LogP contribution in [-0.2, 0) is 44.8 Å². The first-order valence-electron chi connectivity index (χ1n) is 14.6. The number of hydrogen-bond donors (Lipinski definition) is 10. The van der Waals surface area contributed by atoms with Crippen LogP contribution in [0.2, 0.25) is 0 Å². The summed E-state index contributed by atoms with van der Waals surface area (Å²) in [4.78, 5) is 98.3. The highest BCUT2D eigenvalue weighted by molar-refractivity contribution is 5.97. The zero-order valence-electron chi connectivity index (χ0n) is 25.9. The lowest BCUT2D eigenvalue weighted by Crippen LogP contribution is -2.60. The van der Waals surface area contributed by atoms with Gasteiger partial charge in [-0.25, -0.2) is 4.79 Å². The zero-order chi connectivity index (χ0) is 35.7. The lowest BCUT2D eigenvalue weighted by Gasteiger charge is -2.27. The maximum absolute atomic E-state index is 13.3. The predicted molar refractivity (Wildman–Crippen MR) is 162 cm³/mol. The van der Waals surface area contributed by atoms with Crippen molar-refractivity contribution in [1.29, 1.82) is 0 Å². The molecule has 0 aliphatic carbocycles. The molecule has 5 amide bonds. The molecule has 5 unspecified atom stereocenters. The molecule has 1 aromatic rings. The molecule has 0 spiro atoms. The van der Waals surface area contributed by atoms with Crippen molar-refractivity contribution in [3.63, 3.8) is 0 Å². The number of benzene rings is 1. The summed E-state index contributed by atoms with van der Waals surface area (Å²) in [5.74, 6) is -9.42. The predicted octanol–water partition coefficient (Wildman–Crippen LogP) is -2.93. The van der Waals surface area contributed by atoms with Crippen LogP contribution in [0.25, 0.3) is 0 Å². The Hall–Kier alpha value is -5.10. The minimum absolute atomic E-state index is 0.0326. The van der Waals surface area contributed by atoms with Gasteiger partial charge in [-0.1, -0.05) is 44.2 Å². The summed E-state index contributed by atoms with van der Waals surface area (Å²) >= 11 is 0. The van der Waals surface area contributed by atoms with Gasteiger partial charge in [0.15, 0.2) is 0 Å². The first-order chi connectivity index (χ1) is 22.1. The van der Waals surface area contributed by atoms with Gasteiger partial charge < -0.3 is 52.7 Å². The van der Waals surface area contributed by atoms with Crippen molar-refractivity contribution in [2.24, 2.45) is 11.7 Å². The van der Waals surface area contributed by atoms with E-state index in [1.165, 1.54) is 0 Å². The van der Waals surface area contributed by atoms with E-state index < -0.39 is 110 Å². The molecule has 0 radical (unpaired) electrons. The fraction of sp³-hybridized carbons (Fsp3) is 0.517. The molecule has 0 bridgehead atoms. The van der Waals surface area contributed by atoms with Crippen LogP contribution in [0.5, 0.6) is 0 Å². The number of aliphatic carboxylic acids is 3. The van der Waals surface area contributed by atoms with Crippen molar-refractivity contribution < 1.29 is 58.8 Å². The monoisotopic (exact) mass is 666 g/mol. The first-order valence-corrected chi connectivity index (χ1v) is 14.6. The molecule has 260 valence electrons. The number of carboxylic acid groups (broad SMARTS) is 3. The molecule has 5 atom stereocenters. The number of hydrogen-bond acceptors (Lipinski definition) is 10. The van der Waals surface area contributed by atoms with Gasteiger partial charge in [0.2, 0.25) is 29.5 Å². The minimum atomic E-state index is -1.70. The molecule has 1 rings (SSSR count). The average molecular weight is 667 g/mol. The molecule has 0 aromatic heterocycles. The topological polar surface area (TPSA) is 304 Å². The summed E-state index contributed by atoms with van der Waals surface area (Å²) in [6.07, 6.45) is -2.10. The Morgan fingerprint density at radius 3 is 1.70 bits per heavy atom. The van der Waals surface area contributed by atoms with Crippen LogP contribution < -0.4 is 32.3 Å². The third-order valence-corrected chi connectivity index (χ3v) is 6.55. The number of rotatable bonds is 21. The number of carbonyl (C=O) groups is 8. The Bertz CT molecular complexity index is 1280. The van der Waals surface area contributed by atoms with E-state index >= 15 is 0 Å². The van der Waals surface area contributed by atoms with Crippen LogP contribution in [0.3, 0.4) is 0 Å². The smallest absolute Gasteiger partial charge is 0.326 e. The number of nitrogens with two attached hydrogens (primary N) is 1. The fourth-order valence-electron chi connectivity index (χ4n) is 4.21. The van der Waals surface area contributed by atoms with Gasteiger partial charge >= 0.3 is 17.9 Å². The zero-order valence-corrected chi connectivity index (χ0v) is 25.9. The number of carbonyl (C=O) groups excluding carboxylic acids is 5. The number of amides is 5. The molecule has 11 N–H and O–H groups in total. The number of nitrogens with one attached hydrogen (secondary N) is 5. The first kappa shape index (κ1) is 39.9. The van der Waals surface area contributed by atoms with Crippen LogP contribution in [0, 0.1) is 5.92 Å². The van der Waals surface area contributed by atoms with Gasteiger partial charge in [-0.15, -0.1) is 0 Å². The standard InChI is InChI=1S/C29H42N6O12/c1-15(2)10-18(33-27(44)19(12-24(40)41)31-22(37)13-30)26(43)32-17(8-9-23(38)39)25(42)35-21(14-36)28(45)34-20(29(46)47)11-16-6-4-3-5-7-16/h3-7,15,17-21,36H,8-14,30H2,1-2H3,(H,31,37)(H,32,43)(H,33,44)(H,34,45)(H,35,42)(H,38,39)(H,40,41)(H,46,47). The van der Waals surface area contributed by atoms with Crippen molar-refractivity contribution in [2.45, 2.75) is 76.2 Å². The number of aliphatic hydroxyl groups is 1. The van der Waals surface area contributed by atoms with Crippen LogP contribution in [0.15, 0.2) is 30.3 Å². The van der Waals surface area contributed by atoms with E-state index in [0.717, 1.165) is 0 Å². The van der Waals surface area contributed by atoms with E-state index in [1.54, 1.807) is 44.2 Å². The van der Waals surface area contributed by atoms with Crippen molar-refractivity contribution in [1.82, 2.24) is 26.6 Å². The number of aliphatic hydroxyl groups excluding tert-OH is 1. The van der Waals surface area contributed by atoms with E-state index in [-0.39, 0.29) is 18.8 Å². The summed E-state index contributed by atoms with van der Waals surface area (Å²) in [5.41, 5.74) is 5.81. The van der Waals surface area contributed by atoms with Gasteiger partial charge in [-0.3, -0.25) is 33.6 Å². The van der Waals surface area contributed by atoms with Gasteiger partial charge in [0.1, 0.15) is 30.2 Å². The van der Waals surface area contributed by atoms with E-state index in [4.69, 9.17) is 10.8 Å². The quantitative estimate of drug-likeness (QED) is 0.0629. The minimum Gasteiger partial charge on any atom is -0.481 e. The van der Waals surface area contributed by atoms with Crippen molar-refractivity contribution in [3.05, 3.63) is 35.9 Å². The van der Waals surface area contributed by atoms with Crippen LogP contribution in [0.4, 0.5) is 0 Å². The maximum Gasteiger partial charge on any atom is 0.326 e. The largest absolute Gasteiger partial charge is 0.481 e. The van der Waals surface area contributed by atoms with Gasteiger partial charge in [-0.05, 0) is 24.3 Å². The summed E-state index contributed by atoms with van der Waals surface area (Å²) in [6.45, 7) is 1.86. The number of carboxylic acids is 3. The lowest BCUT2D eigenvalue weighted by atomic mass is 10.0. The second-order valence-electron chi connectivity index (χ2n) is 10.9. The average Bonchev–Trinajstić information content (AvgIpc) is 3.00. The van der Waals surface area contributed by atoms with Crippen molar-refractivity contribution in [3.8, 4) is 0 Å². The van der Waals surface area contributed by atoms with Crippen molar-refractivity contribution >= 4 is 47.4 Å². The van der Waals surface area contributed by atoms with Gasteiger partial charge in [0.25, 0.3) is 0 Å². The lowest BCUT2D eigenvalue weighted by molar-refractivity contribution is -0.143. The Balaban J connectivity index is 3.14. The Labute approximate surface area is 269 Å². The van der Waals surface area contributed by atoms with Crippen LogP contribution in [0.1, 0.15) is 45.1 Å². The summed E-state index contributed by atoms with van der Waals surface area (Å²) in [6, 6.07) is 0.605. The molecular formula is C29H42N6O12. The van der Waals surface area contributed by atoms with E-state index in [1.807, 2.05) is 0 Å². The van der Waals surface area contributed by atoms with Crippen molar-refractivity contribution in [2.75, 3.05) is 13.2 Å². The molecule has 0 fully saturated rings. The van der Waals surface area contributed by atoms with Crippen LogP contribution in [-0.4, -0.2) is 111 Å². The molecule has 1 aromatic carbocycles. The van der Waals surface area contributed by atoms with Gasteiger partial charge in [-0.2, -0.15) is 0 Å². The highest BCUT2D eigenvalue weighted by Gasteiger charge is 2.33. The summed E-state index contributed by atoms with van der Waals surface area (Å²) in [5, 5.41) is 49.0. The molecule has 18 nitrogen and oxygen atoms in total. The second kappa shape index (κ2) is 20.1. The van der Waals surface area contributed by atoms with E-state index in [9.17, 15) is 53.7 Å². The maximum atomic E-state index is 13.3. The summed E-state index contributed by atoms with van der Waals surface area (Å²) < 4.78 is 0. The second-order valence-corrected chi connectivity index (χ2v) is 10.9. The molecule has 0 aliphatic heterocycles. The Morgan fingerprint density at radius 1 is 0.681 bits per heavy atom. The third kappa shape index (κ3) is 15.2. The van der Waals surface area contributed by atoms with E-state index in [0.29, 0.717) is 5.56 Å². The molecule has 0 saturated carbocycles. The summed E-state index contributed by atoms with van der Waals surface area (Å²) in [7, 11) is 0. The SMILES string of the molecule is CC(C)CC(NC(=O)C(CC(=O)O)NC(=O)CN)C(=O)NC(CCC(=O)O)C(=O)NC(CO)C(=O)NC(Cc1ccccc1)C(=O)O. The Kier molecular flexibility index (Phi) is 17.1. The van der Waals surface area contributed by atoms with Gasteiger partial charge in [0, 0.05) is 12.8 Å². The van der Waals surface area contributed by atoms with Crippen LogP contribution >= 0.6 is 0 Å². The molecule has 0 saturated heterocycles. The third-order valence-electron chi connectivity index (χ3n) is 6.55. The highest BCUT2D eigenvalue weighted by atomic mass is 16.4. The molecule has 47 heavy (non-hydrogen) atoms. The fourth-order valence-corrected chi connectivity index (χ4v) is 4.21. The van der Waals surface area contributed by atoms with E-state index in [2.05, 4.69) is 26.6 Å². The molecule has 0 heterocycles. The molecule has 18 heteroatoms. The molecular weight excluding hydrogens is 624 g/mol. The van der Waals surface area contributed by atoms with Gasteiger partial charge in [0.05, 0.1) is 19.6 Å².